The molecular formula is C22H27N3O2. The largest absolute Gasteiger partial charge is 0.339 e. The van der Waals surface area contributed by atoms with Crippen molar-refractivity contribution in [3.05, 3.63) is 65.7 Å². The molecule has 2 aromatic rings. The van der Waals surface area contributed by atoms with Crippen LogP contribution in [0.2, 0.25) is 0 Å². The van der Waals surface area contributed by atoms with E-state index >= 15 is 0 Å². The van der Waals surface area contributed by atoms with E-state index in [0.29, 0.717) is 22.7 Å². The highest BCUT2D eigenvalue weighted by Gasteiger charge is 2.25. The summed E-state index contributed by atoms with van der Waals surface area (Å²) < 4.78 is 0. The number of para-hydroxylation sites is 1. The van der Waals surface area contributed by atoms with Crippen LogP contribution in [0.5, 0.6) is 0 Å². The van der Waals surface area contributed by atoms with Gasteiger partial charge in [-0.2, -0.15) is 0 Å². The van der Waals surface area contributed by atoms with Crippen molar-refractivity contribution in [1.82, 2.24) is 10.2 Å². The summed E-state index contributed by atoms with van der Waals surface area (Å²) in [5.74, 6) is 0.406. The number of hydrogen-bond donors (Lipinski definition) is 2. The number of rotatable bonds is 6. The summed E-state index contributed by atoms with van der Waals surface area (Å²) in [4.78, 5) is 27.4. The third-order valence-corrected chi connectivity index (χ3v) is 5.03. The number of nitrogens with zero attached hydrogens (tertiary/aromatic N) is 1. The maximum atomic E-state index is 13.0. The summed E-state index contributed by atoms with van der Waals surface area (Å²) in [6, 6.07) is 16.3. The van der Waals surface area contributed by atoms with Gasteiger partial charge in [0.1, 0.15) is 0 Å². The monoisotopic (exact) mass is 365 g/mol. The van der Waals surface area contributed by atoms with E-state index in [1.54, 1.807) is 24.3 Å². The number of carbonyl (C=O) groups is 2. The number of piperidine rings is 1. The third kappa shape index (κ3) is 4.95. The second kappa shape index (κ2) is 9.33. The van der Waals surface area contributed by atoms with Gasteiger partial charge in [-0.15, -0.1) is 0 Å². The zero-order chi connectivity index (χ0) is 19.1. The third-order valence-electron chi connectivity index (χ3n) is 5.03. The Labute approximate surface area is 160 Å². The molecule has 1 saturated heterocycles. The molecule has 3 rings (SSSR count). The van der Waals surface area contributed by atoms with Crippen LogP contribution in [0.4, 0.5) is 5.69 Å². The second-order valence-corrected chi connectivity index (χ2v) is 6.91. The molecule has 2 amide bonds. The fourth-order valence-corrected chi connectivity index (χ4v) is 3.42. The van der Waals surface area contributed by atoms with Gasteiger partial charge in [0.25, 0.3) is 11.8 Å². The first-order chi connectivity index (χ1) is 13.2. The smallest absolute Gasteiger partial charge is 0.255 e. The van der Waals surface area contributed by atoms with Crippen molar-refractivity contribution in [1.29, 1.82) is 0 Å². The molecule has 0 saturated carbocycles. The van der Waals surface area contributed by atoms with Crippen LogP contribution in [-0.2, 0) is 0 Å². The lowest BCUT2D eigenvalue weighted by Crippen LogP contribution is -2.41. The minimum absolute atomic E-state index is 0.0131. The molecular weight excluding hydrogens is 338 g/mol. The zero-order valence-corrected chi connectivity index (χ0v) is 15.8. The topological polar surface area (TPSA) is 61.4 Å². The van der Waals surface area contributed by atoms with Crippen LogP contribution in [0.1, 0.15) is 40.5 Å². The van der Waals surface area contributed by atoms with Gasteiger partial charge in [0, 0.05) is 18.7 Å². The van der Waals surface area contributed by atoms with Gasteiger partial charge >= 0.3 is 0 Å². The predicted octanol–water partition coefficient (Wildman–Crippen LogP) is 3.40. The van der Waals surface area contributed by atoms with Crippen molar-refractivity contribution in [2.24, 2.45) is 5.92 Å². The van der Waals surface area contributed by atoms with Crippen LogP contribution < -0.4 is 10.6 Å². The zero-order valence-electron chi connectivity index (χ0n) is 15.8. The lowest BCUT2D eigenvalue weighted by molar-refractivity contribution is 0.0691. The summed E-state index contributed by atoms with van der Waals surface area (Å²) in [5, 5.41) is 6.28. The summed E-state index contributed by atoms with van der Waals surface area (Å²) >= 11 is 0. The van der Waals surface area contributed by atoms with Gasteiger partial charge in [-0.1, -0.05) is 37.3 Å². The summed E-state index contributed by atoms with van der Waals surface area (Å²) in [5.41, 5.74) is 1.68. The number of hydrogen-bond acceptors (Lipinski definition) is 3. The average Bonchev–Trinajstić information content (AvgIpc) is 2.73. The molecule has 1 aliphatic rings. The lowest BCUT2D eigenvalue weighted by Gasteiger charge is -2.32. The van der Waals surface area contributed by atoms with Crippen molar-refractivity contribution in [3.8, 4) is 0 Å². The van der Waals surface area contributed by atoms with Crippen LogP contribution in [0, 0.1) is 5.92 Å². The van der Waals surface area contributed by atoms with Crippen LogP contribution in [-0.4, -0.2) is 42.9 Å². The maximum absolute atomic E-state index is 13.0. The Morgan fingerprint density at radius 1 is 1.00 bits per heavy atom. The molecule has 0 aliphatic carbocycles. The Balaban J connectivity index is 1.67. The van der Waals surface area contributed by atoms with Gasteiger partial charge in [0.2, 0.25) is 0 Å². The Hall–Kier alpha value is -2.66. The van der Waals surface area contributed by atoms with E-state index in [4.69, 9.17) is 0 Å². The van der Waals surface area contributed by atoms with Gasteiger partial charge in [0.05, 0.1) is 11.3 Å². The lowest BCUT2D eigenvalue weighted by atomic mass is 9.96. The molecule has 5 heteroatoms. The molecule has 0 spiro atoms. The number of nitrogens with one attached hydrogen (secondary N) is 2. The van der Waals surface area contributed by atoms with E-state index in [1.165, 1.54) is 0 Å². The molecule has 0 radical (unpaired) electrons. The minimum atomic E-state index is -0.208. The van der Waals surface area contributed by atoms with Gasteiger partial charge in [0.15, 0.2) is 0 Å². The normalized spacial score (nSPS) is 14.8. The standard InChI is InChI=1S/C22H27N3O2/c1-2-23-16-17-12-14-25(15-13-17)22(27)19-10-6-7-11-20(19)24-21(26)18-8-4-3-5-9-18/h3-11,17,23H,2,12-16H2,1H3,(H,24,26). The first-order valence-electron chi connectivity index (χ1n) is 9.64. The number of benzene rings is 2. The van der Waals surface area contributed by atoms with E-state index in [-0.39, 0.29) is 11.8 Å². The molecule has 2 N–H and O–H groups in total. The molecule has 2 aromatic carbocycles. The van der Waals surface area contributed by atoms with Crippen molar-refractivity contribution < 1.29 is 9.59 Å². The molecule has 142 valence electrons. The Kier molecular flexibility index (Phi) is 6.60. The first-order valence-corrected chi connectivity index (χ1v) is 9.64. The molecule has 0 atom stereocenters. The van der Waals surface area contributed by atoms with Gasteiger partial charge in [-0.3, -0.25) is 9.59 Å². The van der Waals surface area contributed by atoms with Crippen molar-refractivity contribution in [3.63, 3.8) is 0 Å². The van der Waals surface area contributed by atoms with E-state index in [9.17, 15) is 9.59 Å². The van der Waals surface area contributed by atoms with Crippen LogP contribution in [0.3, 0.4) is 0 Å². The SMILES string of the molecule is CCNCC1CCN(C(=O)c2ccccc2NC(=O)c2ccccc2)CC1. The Bertz CT molecular complexity index is 768. The van der Waals surface area contributed by atoms with Crippen molar-refractivity contribution >= 4 is 17.5 Å². The predicted molar refractivity (Wildman–Crippen MR) is 108 cm³/mol. The quantitative estimate of drug-likeness (QED) is 0.825. The number of likely N-dealkylation sites (tertiary alicyclic amines) is 1. The fraction of sp³-hybridized carbons (Fsp3) is 0.364. The van der Waals surface area contributed by atoms with Crippen LogP contribution in [0.25, 0.3) is 0 Å². The highest BCUT2D eigenvalue weighted by atomic mass is 16.2. The maximum Gasteiger partial charge on any atom is 0.255 e. The molecule has 0 aromatic heterocycles. The summed E-state index contributed by atoms with van der Waals surface area (Å²) in [7, 11) is 0. The summed E-state index contributed by atoms with van der Waals surface area (Å²) in [6.45, 7) is 5.63. The molecule has 1 fully saturated rings. The van der Waals surface area contributed by atoms with Crippen LogP contribution in [0.15, 0.2) is 54.6 Å². The van der Waals surface area contributed by atoms with Crippen molar-refractivity contribution in [2.45, 2.75) is 19.8 Å². The molecule has 1 aliphatic heterocycles. The molecule has 0 bridgehead atoms. The Morgan fingerprint density at radius 3 is 2.37 bits per heavy atom. The number of carbonyl (C=O) groups excluding carboxylic acids is 2. The molecule has 0 unspecified atom stereocenters. The number of amides is 2. The van der Waals surface area contributed by atoms with E-state index < -0.39 is 0 Å². The average molecular weight is 365 g/mol. The minimum Gasteiger partial charge on any atom is -0.339 e. The van der Waals surface area contributed by atoms with E-state index in [0.717, 1.165) is 39.0 Å². The second-order valence-electron chi connectivity index (χ2n) is 6.91. The summed E-state index contributed by atoms with van der Waals surface area (Å²) in [6.07, 6.45) is 2.02. The van der Waals surface area contributed by atoms with E-state index in [1.807, 2.05) is 35.2 Å². The molecule has 1 heterocycles. The molecule has 5 nitrogen and oxygen atoms in total. The fourth-order valence-electron chi connectivity index (χ4n) is 3.42. The first kappa shape index (κ1) is 19.1. The van der Waals surface area contributed by atoms with Gasteiger partial charge in [-0.25, -0.2) is 0 Å². The van der Waals surface area contributed by atoms with E-state index in [2.05, 4.69) is 17.6 Å². The van der Waals surface area contributed by atoms with Crippen LogP contribution >= 0.6 is 0 Å². The number of anilines is 1. The Morgan fingerprint density at radius 2 is 1.67 bits per heavy atom. The highest BCUT2D eigenvalue weighted by Crippen LogP contribution is 2.22. The highest BCUT2D eigenvalue weighted by molar-refractivity contribution is 6.09. The van der Waals surface area contributed by atoms with Crippen molar-refractivity contribution in [2.75, 3.05) is 31.5 Å². The van der Waals surface area contributed by atoms with Gasteiger partial charge in [-0.05, 0) is 56.1 Å². The van der Waals surface area contributed by atoms with Gasteiger partial charge < -0.3 is 15.5 Å². The molecule has 27 heavy (non-hydrogen) atoms.